The van der Waals surface area contributed by atoms with Crippen molar-refractivity contribution in [3.05, 3.63) is 47.5 Å². The van der Waals surface area contributed by atoms with Crippen molar-refractivity contribution in [2.24, 2.45) is 5.73 Å². The number of aromatic nitrogens is 2. The maximum Gasteiger partial charge on any atom is 0.243 e. The maximum absolute atomic E-state index is 12.1. The Labute approximate surface area is 155 Å². The number of carbonyl (C=O) groups is 1. The lowest BCUT2D eigenvalue weighted by Crippen LogP contribution is -2.43. The summed E-state index contributed by atoms with van der Waals surface area (Å²) < 4.78 is 0. The quantitative estimate of drug-likeness (QED) is 0.556. The van der Waals surface area contributed by atoms with Crippen LogP contribution in [0.3, 0.4) is 0 Å². The van der Waals surface area contributed by atoms with E-state index in [9.17, 15) is 9.90 Å². The molecule has 0 bridgehead atoms. The fourth-order valence-electron chi connectivity index (χ4n) is 2.53. The number of rotatable bonds is 4. The number of nitrogens with one attached hydrogen (secondary N) is 1. The number of carbonyl (C=O) groups excluding carboxylic acids is 1. The van der Waals surface area contributed by atoms with E-state index in [1.807, 2.05) is 6.07 Å². The van der Waals surface area contributed by atoms with E-state index in [0.29, 0.717) is 21.9 Å². The van der Waals surface area contributed by atoms with Gasteiger partial charge in [-0.15, -0.1) is 0 Å². The molecule has 2 aromatic carbocycles. The van der Waals surface area contributed by atoms with Gasteiger partial charge in [0.05, 0.1) is 17.3 Å². The second-order valence-corrected chi connectivity index (χ2v) is 6.36. The number of aliphatic hydroxyl groups excluding tert-OH is 1. The minimum absolute atomic E-state index is 0.139. The van der Waals surface area contributed by atoms with Crippen LogP contribution in [0.5, 0.6) is 0 Å². The molecule has 0 aliphatic carbocycles. The fourth-order valence-corrected chi connectivity index (χ4v) is 2.70. The molecule has 3 aromatic rings. The molecule has 0 fully saturated rings. The van der Waals surface area contributed by atoms with Crippen LogP contribution in [-0.2, 0) is 4.79 Å². The van der Waals surface area contributed by atoms with Crippen LogP contribution < -0.4 is 16.8 Å². The van der Waals surface area contributed by atoms with Crippen LogP contribution in [0, 0.1) is 0 Å². The Morgan fingerprint density at radius 1 is 1.23 bits per heavy atom. The van der Waals surface area contributed by atoms with Crippen molar-refractivity contribution in [2.45, 2.75) is 19.1 Å². The molecule has 2 atom stereocenters. The lowest BCUT2D eigenvalue weighted by Gasteiger charge is -2.15. The number of nitrogens with two attached hydrogens (primary N) is 2. The van der Waals surface area contributed by atoms with E-state index in [1.165, 1.54) is 6.92 Å². The van der Waals surface area contributed by atoms with E-state index >= 15 is 0 Å². The summed E-state index contributed by atoms with van der Waals surface area (Å²) in [5.41, 5.74) is 14.0. The number of anilines is 2. The smallest absolute Gasteiger partial charge is 0.243 e. The average Bonchev–Trinajstić information content (AvgIpc) is 2.60. The normalized spacial score (nSPS) is 13.4. The number of hydrogen-bond donors (Lipinski definition) is 4. The molecular formula is C18H18ClN5O2. The van der Waals surface area contributed by atoms with Crippen molar-refractivity contribution in [1.29, 1.82) is 0 Å². The van der Waals surface area contributed by atoms with Gasteiger partial charge in [0, 0.05) is 21.7 Å². The summed E-state index contributed by atoms with van der Waals surface area (Å²) in [5, 5.41) is 13.4. The van der Waals surface area contributed by atoms with Gasteiger partial charge < -0.3 is 21.9 Å². The van der Waals surface area contributed by atoms with Crippen LogP contribution in [0.4, 0.5) is 11.6 Å². The van der Waals surface area contributed by atoms with Crippen molar-refractivity contribution in [3.63, 3.8) is 0 Å². The summed E-state index contributed by atoms with van der Waals surface area (Å²) in [6, 6.07) is 11.3. The first-order valence-electron chi connectivity index (χ1n) is 7.93. The number of nitrogens with zero attached hydrogens (tertiary/aromatic N) is 2. The standard InChI is InChI=1S/C18H18ClN5O2/c1-9(25)15(20)17(26)22-12-4-2-3-10(7-12)16-13-8-11(19)5-6-14(13)23-18(21)24-16/h2-9,15,25H,20H2,1H3,(H,22,26)(H2,21,23,24)/t9?,15-/m0/s1. The zero-order valence-corrected chi connectivity index (χ0v) is 14.7. The summed E-state index contributed by atoms with van der Waals surface area (Å²) in [7, 11) is 0. The van der Waals surface area contributed by atoms with Gasteiger partial charge in [-0.1, -0.05) is 23.7 Å². The van der Waals surface area contributed by atoms with Gasteiger partial charge >= 0.3 is 0 Å². The Morgan fingerprint density at radius 2 is 2.00 bits per heavy atom. The number of nitrogen functional groups attached to an aromatic ring is 1. The average molecular weight is 372 g/mol. The van der Waals surface area contributed by atoms with Crippen LogP contribution in [0.15, 0.2) is 42.5 Å². The van der Waals surface area contributed by atoms with Crippen molar-refractivity contribution < 1.29 is 9.90 Å². The summed E-state index contributed by atoms with van der Waals surface area (Å²) in [6.45, 7) is 1.46. The molecule has 0 radical (unpaired) electrons. The molecular weight excluding hydrogens is 354 g/mol. The van der Waals surface area contributed by atoms with Gasteiger partial charge in [0.25, 0.3) is 0 Å². The van der Waals surface area contributed by atoms with Gasteiger partial charge in [-0.25, -0.2) is 9.97 Å². The van der Waals surface area contributed by atoms with E-state index in [-0.39, 0.29) is 5.95 Å². The third kappa shape index (κ3) is 3.75. The number of aliphatic hydroxyl groups is 1. The molecule has 134 valence electrons. The second-order valence-electron chi connectivity index (χ2n) is 5.93. The van der Waals surface area contributed by atoms with Crippen LogP contribution in [0.1, 0.15) is 6.92 Å². The lowest BCUT2D eigenvalue weighted by molar-refractivity contribution is -0.119. The van der Waals surface area contributed by atoms with Gasteiger partial charge in [-0.3, -0.25) is 4.79 Å². The zero-order valence-electron chi connectivity index (χ0n) is 14.0. The third-order valence-electron chi connectivity index (χ3n) is 3.90. The second kappa shape index (κ2) is 7.25. The highest BCUT2D eigenvalue weighted by Gasteiger charge is 2.19. The van der Waals surface area contributed by atoms with E-state index in [2.05, 4.69) is 15.3 Å². The number of amides is 1. The summed E-state index contributed by atoms with van der Waals surface area (Å²) in [6.07, 6.45) is -0.953. The van der Waals surface area contributed by atoms with Gasteiger partial charge in [-0.2, -0.15) is 0 Å². The largest absolute Gasteiger partial charge is 0.391 e. The molecule has 1 aromatic heterocycles. The number of halogens is 1. The Morgan fingerprint density at radius 3 is 2.73 bits per heavy atom. The molecule has 0 spiro atoms. The Hall–Kier alpha value is -2.74. The molecule has 0 aliphatic rings. The molecule has 6 N–H and O–H groups in total. The SMILES string of the molecule is CC(O)[C@H](N)C(=O)Nc1cccc(-c2nc(N)nc3ccc(Cl)cc23)c1. The summed E-state index contributed by atoms with van der Waals surface area (Å²) in [5.74, 6) is -0.340. The van der Waals surface area contributed by atoms with E-state index < -0.39 is 18.1 Å². The Balaban J connectivity index is 2.02. The van der Waals surface area contributed by atoms with Crippen molar-refractivity contribution in [3.8, 4) is 11.3 Å². The Bertz CT molecular complexity index is 977. The molecule has 7 nitrogen and oxygen atoms in total. The highest BCUT2D eigenvalue weighted by Crippen LogP contribution is 2.30. The minimum Gasteiger partial charge on any atom is -0.391 e. The molecule has 8 heteroatoms. The monoisotopic (exact) mass is 371 g/mol. The van der Waals surface area contributed by atoms with E-state index in [1.54, 1.807) is 36.4 Å². The molecule has 1 heterocycles. The predicted molar refractivity (Wildman–Crippen MR) is 103 cm³/mol. The van der Waals surface area contributed by atoms with E-state index in [4.69, 9.17) is 23.1 Å². The Kier molecular flexibility index (Phi) is 5.03. The molecule has 1 amide bonds. The fraction of sp³-hybridized carbons (Fsp3) is 0.167. The van der Waals surface area contributed by atoms with Gasteiger partial charge in [-0.05, 0) is 37.3 Å². The van der Waals surface area contributed by atoms with Gasteiger partial charge in [0.15, 0.2) is 0 Å². The van der Waals surface area contributed by atoms with Crippen molar-refractivity contribution >= 4 is 40.0 Å². The molecule has 0 aliphatic heterocycles. The first-order chi connectivity index (χ1) is 12.3. The maximum atomic E-state index is 12.1. The predicted octanol–water partition coefficient (Wildman–Crippen LogP) is 2.18. The van der Waals surface area contributed by atoms with Crippen molar-refractivity contribution in [1.82, 2.24) is 9.97 Å². The van der Waals surface area contributed by atoms with Crippen LogP contribution >= 0.6 is 11.6 Å². The summed E-state index contributed by atoms with van der Waals surface area (Å²) >= 11 is 6.10. The first-order valence-corrected chi connectivity index (χ1v) is 8.30. The van der Waals surface area contributed by atoms with E-state index in [0.717, 1.165) is 10.9 Å². The number of fused-ring (bicyclic) bond motifs is 1. The highest BCUT2D eigenvalue weighted by atomic mass is 35.5. The van der Waals surface area contributed by atoms with Crippen LogP contribution in [-0.4, -0.2) is 33.1 Å². The van der Waals surface area contributed by atoms with Crippen molar-refractivity contribution in [2.75, 3.05) is 11.1 Å². The molecule has 3 rings (SSSR count). The molecule has 0 saturated heterocycles. The topological polar surface area (TPSA) is 127 Å². The van der Waals surface area contributed by atoms with Gasteiger partial charge in [0.1, 0.15) is 6.04 Å². The molecule has 0 saturated carbocycles. The lowest BCUT2D eigenvalue weighted by atomic mass is 10.1. The van der Waals surface area contributed by atoms with Gasteiger partial charge in [0.2, 0.25) is 11.9 Å². The highest BCUT2D eigenvalue weighted by molar-refractivity contribution is 6.31. The zero-order chi connectivity index (χ0) is 18.8. The number of benzene rings is 2. The molecule has 26 heavy (non-hydrogen) atoms. The third-order valence-corrected chi connectivity index (χ3v) is 4.14. The molecule has 1 unspecified atom stereocenters. The van der Waals surface area contributed by atoms with Crippen LogP contribution in [0.2, 0.25) is 5.02 Å². The summed E-state index contributed by atoms with van der Waals surface area (Å²) in [4.78, 5) is 20.6. The van der Waals surface area contributed by atoms with Crippen LogP contribution in [0.25, 0.3) is 22.2 Å². The first kappa shape index (κ1) is 18.1. The number of hydrogen-bond acceptors (Lipinski definition) is 6. The minimum atomic E-state index is -1.02.